The lowest BCUT2D eigenvalue weighted by Crippen LogP contribution is -2.31. The summed E-state index contributed by atoms with van der Waals surface area (Å²) in [7, 11) is 0. The van der Waals surface area contributed by atoms with Gasteiger partial charge in [-0.1, -0.05) is 22.8 Å². The highest BCUT2D eigenvalue weighted by atomic mass is 35.5. The molecule has 2 fully saturated rings. The van der Waals surface area contributed by atoms with Crippen molar-refractivity contribution in [3.8, 4) is 0 Å². The van der Waals surface area contributed by atoms with Crippen molar-refractivity contribution >= 4 is 23.1 Å². The van der Waals surface area contributed by atoms with E-state index in [1.807, 2.05) is 12.1 Å². The monoisotopic (exact) mass is 293 g/mol. The Balaban J connectivity index is 1.93. The van der Waals surface area contributed by atoms with Gasteiger partial charge in [-0.2, -0.15) is 0 Å². The van der Waals surface area contributed by atoms with Crippen molar-refractivity contribution in [2.75, 3.05) is 18.0 Å². The van der Waals surface area contributed by atoms with E-state index in [0.717, 1.165) is 30.6 Å². The lowest BCUT2D eigenvalue weighted by Gasteiger charge is -2.27. The van der Waals surface area contributed by atoms with Crippen molar-refractivity contribution < 1.29 is 5.21 Å². The van der Waals surface area contributed by atoms with Gasteiger partial charge in [-0.15, -0.1) is 0 Å². The standard InChI is InChI=1S/C15H20ClN3O/c16-12-2-1-3-13(14(12)15(17)18-20)19(8-10-4-5-10)9-11-6-7-11/h1-3,10-11,20H,4-9H2,(H2,17,18). The molecular formula is C15H20ClN3O. The van der Waals surface area contributed by atoms with Crippen molar-refractivity contribution in [1.82, 2.24) is 0 Å². The van der Waals surface area contributed by atoms with Gasteiger partial charge in [-0.3, -0.25) is 0 Å². The van der Waals surface area contributed by atoms with E-state index in [2.05, 4.69) is 10.1 Å². The minimum absolute atomic E-state index is 0.0854. The normalized spacial score (nSPS) is 19.1. The number of hydrogen-bond acceptors (Lipinski definition) is 3. The van der Waals surface area contributed by atoms with E-state index in [1.165, 1.54) is 25.7 Å². The van der Waals surface area contributed by atoms with Crippen LogP contribution in [0.2, 0.25) is 5.02 Å². The third kappa shape index (κ3) is 3.01. The van der Waals surface area contributed by atoms with Crippen LogP contribution in [0.15, 0.2) is 23.4 Å². The van der Waals surface area contributed by atoms with Crippen molar-refractivity contribution in [3.63, 3.8) is 0 Å². The molecule has 3 N–H and O–H groups in total. The summed E-state index contributed by atoms with van der Waals surface area (Å²) in [5.74, 6) is 1.66. The summed E-state index contributed by atoms with van der Waals surface area (Å²) in [6, 6.07) is 5.73. The molecule has 1 aromatic carbocycles. The summed E-state index contributed by atoms with van der Waals surface area (Å²) < 4.78 is 0. The third-order valence-electron chi connectivity index (χ3n) is 4.05. The number of oxime groups is 1. The molecule has 0 amide bonds. The van der Waals surface area contributed by atoms with Crippen LogP contribution in [0, 0.1) is 11.8 Å². The molecule has 2 aliphatic rings. The molecular weight excluding hydrogens is 274 g/mol. The first kappa shape index (κ1) is 13.6. The van der Waals surface area contributed by atoms with Crippen LogP contribution in [-0.4, -0.2) is 24.1 Å². The van der Waals surface area contributed by atoms with Gasteiger partial charge in [0.2, 0.25) is 0 Å². The number of anilines is 1. The molecule has 2 aliphatic carbocycles. The van der Waals surface area contributed by atoms with Crippen LogP contribution in [0.1, 0.15) is 31.2 Å². The quantitative estimate of drug-likeness (QED) is 0.367. The first-order valence-corrected chi connectivity index (χ1v) is 7.58. The fourth-order valence-corrected chi connectivity index (χ4v) is 2.84. The Morgan fingerprint density at radius 1 is 1.25 bits per heavy atom. The second-order valence-corrected chi connectivity index (χ2v) is 6.32. The van der Waals surface area contributed by atoms with Crippen molar-refractivity contribution in [2.45, 2.75) is 25.7 Å². The average molecular weight is 294 g/mol. The third-order valence-corrected chi connectivity index (χ3v) is 4.36. The highest BCUT2D eigenvalue weighted by Gasteiger charge is 2.30. The van der Waals surface area contributed by atoms with Gasteiger partial charge in [-0.05, 0) is 49.7 Å². The van der Waals surface area contributed by atoms with E-state index in [1.54, 1.807) is 6.07 Å². The van der Waals surface area contributed by atoms with Gasteiger partial charge in [-0.25, -0.2) is 0 Å². The Kier molecular flexibility index (Phi) is 3.74. The molecule has 0 atom stereocenters. The Morgan fingerprint density at radius 3 is 2.35 bits per heavy atom. The van der Waals surface area contributed by atoms with E-state index in [0.29, 0.717) is 10.6 Å². The molecule has 0 aliphatic heterocycles. The summed E-state index contributed by atoms with van der Waals surface area (Å²) in [5, 5.41) is 12.7. The predicted molar refractivity (Wildman–Crippen MR) is 81.6 cm³/mol. The maximum atomic E-state index is 8.99. The van der Waals surface area contributed by atoms with Crippen molar-refractivity contribution in [3.05, 3.63) is 28.8 Å². The SMILES string of the molecule is NC(=NO)c1c(Cl)cccc1N(CC1CC1)CC1CC1. The zero-order valence-corrected chi connectivity index (χ0v) is 12.2. The Bertz CT molecular complexity index is 510. The van der Waals surface area contributed by atoms with Gasteiger partial charge in [0, 0.05) is 18.8 Å². The first-order valence-electron chi connectivity index (χ1n) is 7.20. The summed E-state index contributed by atoms with van der Waals surface area (Å²) >= 11 is 6.25. The highest BCUT2D eigenvalue weighted by Crippen LogP contribution is 2.37. The lowest BCUT2D eigenvalue weighted by molar-refractivity contribution is 0.318. The van der Waals surface area contributed by atoms with Gasteiger partial charge in [0.25, 0.3) is 0 Å². The second kappa shape index (κ2) is 5.52. The Morgan fingerprint density at radius 2 is 1.85 bits per heavy atom. The fraction of sp³-hybridized carbons (Fsp3) is 0.533. The molecule has 20 heavy (non-hydrogen) atoms. The molecule has 0 heterocycles. The highest BCUT2D eigenvalue weighted by molar-refractivity contribution is 6.34. The predicted octanol–water partition coefficient (Wildman–Crippen LogP) is 3.06. The molecule has 0 unspecified atom stereocenters. The number of halogens is 1. The average Bonchev–Trinajstić information content (AvgIpc) is 3.32. The lowest BCUT2D eigenvalue weighted by atomic mass is 10.1. The van der Waals surface area contributed by atoms with E-state index >= 15 is 0 Å². The molecule has 0 saturated heterocycles. The molecule has 0 bridgehead atoms. The molecule has 0 radical (unpaired) electrons. The number of nitrogens with zero attached hydrogens (tertiary/aromatic N) is 2. The number of benzene rings is 1. The topological polar surface area (TPSA) is 61.9 Å². The Labute approximate surface area is 124 Å². The molecule has 108 valence electrons. The molecule has 5 heteroatoms. The van der Waals surface area contributed by atoms with Crippen LogP contribution in [0.4, 0.5) is 5.69 Å². The minimum atomic E-state index is 0.0854. The van der Waals surface area contributed by atoms with Crippen LogP contribution in [0.5, 0.6) is 0 Å². The van der Waals surface area contributed by atoms with E-state index in [-0.39, 0.29) is 5.84 Å². The van der Waals surface area contributed by atoms with Crippen LogP contribution in [0.25, 0.3) is 0 Å². The molecule has 2 saturated carbocycles. The van der Waals surface area contributed by atoms with Gasteiger partial charge in [0.05, 0.1) is 10.6 Å². The Hall–Kier alpha value is -1.42. The van der Waals surface area contributed by atoms with Crippen LogP contribution < -0.4 is 10.6 Å². The largest absolute Gasteiger partial charge is 0.409 e. The number of hydrogen-bond donors (Lipinski definition) is 2. The van der Waals surface area contributed by atoms with Gasteiger partial charge >= 0.3 is 0 Å². The summed E-state index contributed by atoms with van der Waals surface area (Å²) in [6.45, 7) is 2.09. The zero-order chi connectivity index (χ0) is 14.1. The molecule has 0 spiro atoms. The van der Waals surface area contributed by atoms with Crippen LogP contribution in [0.3, 0.4) is 0 Å². The number of nitrogens with two attached hydrogens (primary N) is 1. The summed E-state index contributed by atoms with van der Waals surface area (Å²) in [5.41, 5.74) is 7.46. The molecule has 4 nitrogen and oxygen atoms in total. The fourth-order valence-electron chi connectivity index (χ4n) is 2.58. The summed E-state index contributed by atoms with van der Waals surface area (Å²) in [6.07, 6.45) is 5.22. The maximum Gasteiger partial charge on any atom is 0.173 e. The van der Waals surface area contributed by atoms with E-state index in [9.17, 15) is 0 Å². The van der Waals surface area contributed by atoms with Gasteiger partial charge in [0.15, 0.2) is 5.84 Å². The van der Waals surface area contributed by atoms with Crippen molar-refractivity contribution in [1.29, 1.82) is 0 Å². The van der Waals surface area contributed by atoms with Gasteiger partial charge in [0.1, 0.15) is 0 Å². The van der Waals surface area contributed by atoms with Gasteiger partial charge < -0.3 is 15.8 Å². The molecule has 1 aromatic rings. The second-order valence-electron chi connectivity index (χ2n) is 5.91. The van der Waals surface area contributed by atoms with Crippen LogP contribution >= 0.6 is 11.6 Å². The molecule has 0 aromatic heterocycles. The van der Waals surface area contributed by atoms with Crippen molar-refractivity contribution in [2.24, 2.45) is 22.7 Å². The summed E-state index contributed by atoms with van der Waals surface area (Å²) in [4.78, 5) is 2.37. The zero-order valence-electron chi connectivity index (χ0n) is 11.4. The minimum Gasteiger partial charge on any atom is -0.409 e. The van der Waals surface area contributed by atoms with Crippen LogP contribution in [-0.2, 0) is 0 Å². The maximum absolute atomic E-state index is 8.99. The van der Waals surface area contributed by atoms with E-state index in [4.69, 9.17) is 22.5 Å². The number of amidine groups is 1. The molecule has 3 rings (SSSR count). The number of rotatable bonds is 6. The smallest absolute Gasteiger partial charge is 0.173 e. The van der Waals surface area contributed by atoms with E-state index < -0.39 is 0 Å². The first-order chi connectivity index (χ1) is 9.69.